The number of pyridine rings is 1. The molecule has 4 heteroatoms. The van der Waals surface area contributed by atoms with E-state index in [4.69, 9.17) is 5.26 Å². The fourth-order valence-corrected chi connectivity index (χ4v) is 1.13. The number of fused-ring (bicyclic) bond motifs is 1. The lowest BCUT2D eigenvalue weighted by molar-refractivity contribution is 1.07. The second kappa shape index (κ2) is 4.38. The highest BCUT2D eigenvalue weighted by atomic mass is 15.1. The molecule has 0 aliphatic heterocycles. The van der Waals surface area contributed by atoms with Crippen LogP contribution in [0.4, 0.5) is 0 Å². The lowest BCUT2D eigenvalue weighted by Gasteiger charge is -1.88. The van der Waals surface area contributed by atoms with Gasteiger partial charge in [-0.25, -0.2) is 0 Å². The fraction of sp³-hybridized carbons (Fsp3) is 0.300. The van der Waals surface area contributed by atoms with Crippen molar-refractivity contribution < 1.29 is 0 Å². The van der Waals surface area contributed by atoms with Crippen LogP contribution >= 0.6 is 0 Å². The molecule has 2 aromatic rings. The van der Waals surface area contributed by atoms with Gasteiger partial charge in [0.1, 0.15) is 11.6 Å². The summed E-state index contributed by atoms with van der Waals surface area (Å²) in [6, 6.07) is 2.04. The van der Waals surface area contributed by atoms with Crippen LogP contribution in [0.2, 0.25) is 0 Å². The lowest BCUT2D eigenvalue weighted by Crippen LogP contribution is -1.80. The molecule has 0 spiro atoms. The number of aromatic amines is 1. The Labute approximate surface area is 82.6 Å². The Morgan fingerprint density at radius 1 is 1.36 bits per heavy atom. The predicted molar refractivity (Wildman–Crippen MR) is 54.7 cm³/mol. The highest BCUT2D eigenvalue weighted by molar-refractivity contribution is 5.84. The standard InChI is InChI=1S/C8H6N4.C2H6/c1-5-7-4-10-3-6(2-9)8(7)12-11-5;1-2/h3-4H,1H3,(H,11,12);1-2H3. The number of nitriles is 1. The van der Waals surface area contributed by atoms with Crippen molar-refractivity contribution in [1.82, 2.24) is 15.2 Å². The molecule has 72 valence electrons. The van der Waals surface area contributed by atoms with E-state index in [9.17, 15) is 0 Å². The van der Waals surface area contributed by atoms with Gasteiger partial charge in [0.15, 0.2) is 0 Å². The van der Waals surface area contributed by atoms with Crippen LogP contribution in [0.1, 0.15) is 25.1 Å². The predicted octanol–water partition coefficient (Wildman–Crippen LogP) is 2.16. The van der Waals surface area contributed by atoms with E-state index in [-0.39, 0.29) is 0 Å². The van der Waals surface area contributed by atoms with Gasteiger partial charge in [-0.1, -0.05) is 13.8 Å². The molecule has 0 aliphatic rings. The highest BCUT2D eigenvalue weighted by Gasteiger charge is 2.05. The first kappa shape index (κ1) is 10.2. The summed E-state index contributed by atoms with van der Waals surface area (Å²) in [5, 5.41) is 16.4. The van der Waals surface area contributed by atoms with Gasteiger partial charge >= 0.3 is 0 Å². The van der Waals surface area contributed by atoms with Crippen LogP contribution in [0, 0.1) is 18.3 Å². The monoisotopic (exact) mass is 188 g/mol. The first-order chi connectivity index (χ1) is 6.83. The van der Waals surface area contributed by atoms with Crippen LogP contribution in [0.25, 0.3) is 10.9 Å². The average molecular weight is 188 g/mol. The van der Waals surface area contributed by atoms with E-state index in [1.807, 2.05) is 26.8 Å². The Morgan fingerprint density at radius 3 is 2.71 bits per heavy atom. The van der Waals surface area contributed by atoms with Gasteiger partial charge in [-0.3, -0.25) is 10.1 Å². The van der Waals surface area contributed by atoms with Gasteiger partial charge in [0, 0.05) is 23.5 Å². The van der Waals surface area contributed by atoms with Crippen molar-refractivity contribution in [3.63, 3.8) is 0 Å². The molecular formula is C10H12N4. The maximum atomic E-state index is 8.70. The normalized spacial score (nSPS) is 9.00. The Hall–Kier alpha value is -1.89. The molecule has 0 saturated heterocycles. The second-order valence-electron chi connectivity index (χ2n) is 2.54. The van der Waals surface area contributed by atoms with Gasteiger partial charge in [-0.15, -0.1) is 0 Å². The summed E-state index contributed by atoms with van der Waals surface area (Å²) < 4.78 is 0. The Balaban J connectivity index is 0.000000461. The van der Waals surface area contributed by atoms with E-state index < -0.39 is 0 Å². The Morgan fingerprint density at radius 2 is 2.07 bits per heavy atom. The largest absolute Gasteiger partial charge is 0.282 e. The van der Waals surface area contributed by atoms with Crippen LogP contribution in [0.3, 0.4) is 0 Å². The Bertz CT molecular complexity index is 464. The molecule has 14 heavy (non-hydrogen) atoms. The molecule has 0 saturated carbocycles. The average Bonchev–Trinajstić information content (AvgIpc) is 2.64. The van der Waals surface area contributed by atoms with Crippen LogP contribution in [0.5, 0.6) is 0 Å². The quantitative estimate of drug-likeness (QED) is 0.689. The lowest BCUT2D eigenvalue weighted by atomic mass is 10.2. The number of hydrogen-bond acceptors (Lipinski definition) is 3. The summed E-state index contributed by atoms with van der Waals surface area (Å²) >= 11 is 0. The molecule has 2 aromatic heterocycles. The number of nitrogens with zero attached hydrogens (tertiary/aromatic N) is 3. The highest BCUT2D eigenvalue weighted by Crippen LogP contribution is 2.16. The smallest absolute Gasteiger partial charge is 0.113 e. The summed E-state index contributed by atoms with van der Waals surface area (Å²) in [5.74, 6) is 0. The van der Waals surface area contributed by atoms with E-state index in [0.717, 1.165) is 11.1 Å². The molecule has 2 rings (SSSR count). The molecule has 2 heterocycles. The number of nitrogens with one attached hydrogen (secondary N) is 1. The Kier molecular flexibility index (Phi) is 3.19. The second-order valence-corrected chi connectivity index (χ2v) is 2.54. The summed E-state index contributed by atoms with van der Waals surface area (Å²) in [6.07, 6.45) is 3.22. The molecule has 0 radical (unpaired) electrons. The van der Waals surface area contributed by atoms with Gasteiger partial charge in [0.05, 0.1) is 5.56 Å². The van der Waals surface area contributed by atoms with Crippen LogP contribution in [-0.4, -0.2) is 15.2 Å². The molecule has 0 fully saturated rings. The van der Waals surface area contributed by atoms with Crippen molar-refractivity contribution in [3.05, 3.63) is 23.7 Å². The minimum atomic E-state index is 0.511. The molecule has 0 bridgehead atoms. The van der Waals surface area contributed by atoms with E-state index in [1.165, 1.54) is 6.20 Å². The number of hydrogen-bond donors (Lipinski definition) is 1. The molecule has 0 amide bonds. The number of aryl methyl sites for hydroxylation is 1. The number of rotatable bonds is 0. The first-order valence-corrected chi connectivity index (χ1v) is 4.51. The minimum Gasteiger partial charge on any atom is -0.282 e. The van der Waals surface area contributed by atoms with Gasteiger partial charge in [0.25, 0.3) is 0 Å². The zero-order valence-corrected chi connectivity index (χ0v) is 8.50. The zero-order valence-electron chi connectivity index (χ0n) is 8.50. The fourth-order valence-electron chi connectivity index (χ4n) is 1.13. The molecule has 0 unspecified atom stereocenters. The van der Waals surface area contributed by atoms with E-state index in [1.54, 1.807) is 6.20 Å². The summed E-state index contributed by atoms with van der Waals surface area (Å²) in [4.78, 5) is 3.93. The van der Waals surface area contributed by atoms with Crippen molar-refractivity contribution in [1.29, 1.82) is 5.26 Å². The van der Waals surface area contributed by atoms with Gasteiger partial charge in [0.2, 0.25) is 0 Å². The van der Waals surface area contributed by atoms with Gasteiger partial charge in [-0.2, -0.15) is 10.4 Å². The van der Waals surface area contributed by atoms with E-state index in [0.29, 0.717) is 11.1 Å². The summed E-state index contributed by atoms with van der Waals surface area (Å²) in [6.45, 7) is 5.90. The van der Waals surface area contributed by atoms with Crippen molar-refractivity contribution in [2.24, 2.45) is 0 Å². The van der Waals surface area contributed by atoms with Crippen molar-refractivity contribution >= 4 is 10.9 Å². The van der Waals surface area contributed by atoms with Gasteiger partial charge < -0.3 is 0 Å². The molecule has 1 N–H and O–H groups in total. The van der Waals surface area contributed by atoms with E-state index in [2.05, 4.69) is 15.2 Å². The number of H-pyrrole nitrogens is 1. The van der Waals surface area contributed by atoms with E-state index >= 15 is 0 Å². The van der Waals surface area contributed by atoms with Crippen molar-refractivity contribution in [2.45, 2.75) is 20.8 Å². The summed E-state index contributed by atoms with van der Waals surface area (Å²) in [5.41, 5.74) is 2.15. The maximum absolute atomic E-state index is 8.70. The third kappa shape index (κ3) is 1.57. The van der Waals surface area contributed by atoms with Crippen LogP contribution < -0.4 is 0 Å². The maximum Gasteiger partial charge on any atom is 0.113 e. The summed E-state index contributed by atoms with van der Waals surface area (Å²) in [7, 11) is 0. The van der Waals surface area contributed by atoms with Crippen molar-refractivity contribution in [3.8, 4) is 6.07 Å². The molecular weight excluding hydrogens is 176 g/mol. The molecule has 4 nitrogen and oxygen atoms in total. The topological polar surface area (TPSA) is 65.4 Å². The van der Waals surface area contributed by atoms with Gasteiger partial charge in [-0.05, 0) is 6.92 Å². The molecule has 0 atom stereocenters. The SMILES string of the molecule is CC.Cc1[nH]nc2c(C#N)cncc12. The van der Waals surface area contributed by atoms with Crippen LogP contribution in [0.15, 0.2) is 12.4 Å². The molecule has 0 aliphatic carbocycles. The minimum absolute atomic E-state index is 0.511. The third-order valence-corrected chi connectivity index (χ3v) is 1.78. The van der Waals surface area contributed by atoms with Crippen LogP contribution in [-0.2, 0) is 0 Å². The number of aromatic nitrogens is 3. The molecule has 0 aromatic carbocycles. The van der Waals surface area contributed by atoms with Crippen molar-refractivity contribution in [2.75, 3.05) is 0 Å². The third-order valence-electron chi connectivity index (χ3n) is 1.78. The first-order valence-electron chi connectivity index (χ1n) is 4.51. The zero-order chi connectivity index (χ0) is 10.6.